The molecule has 0 nitrogen and oxygen atoms in total. The molecule has 6 fully saturated rings. The van der Waals surface area contributed by atoms with Crippen LogP contribution >= 0.6 is 0 Å². The minimum Gasteiger partial charge on any atom is -0.0743 e. The van der Waals surface area contributed by atoms with Gasteiger partial charge in [-0.1, -0.05) is 46.9 Å². The molecule has 0 N–H and O–H groups in total. The predicted octanol–water partition coefficient (Wildman–Crippen LogP) is 4.94. The molecule has 6 saturated carbocycles. The van der Waals surface area contributed by atoms with Gasteiger partial charge in [-0.3, -0.25) is 0 Å². The maximum absolute atomic E-state index is 6.36. The fraction of sp³-hybridized carbons (Fsp3) is 1.00. The van der Waals surface area contributed by atoms with Crippen LogP contribution in [0.2, 0.25) is 5.82 Å². The van der Waals surface area contributed by atoms with Crippen LogP contribution in [0.4, 0.5) is 0 Å². The van der Waals surface area contributed by atoms with Crippen molar-refractivity contribution in [1.82, 2.24) is 0 Å². The van der Waals surface area contributed by atoms with Crippen molar-refractivity contribution >= 4 is 7.85 Å². The Morgan fingerprint density at radius 1 is 0.750 bits per heavy atom. The van der Waals surface area contributed by atoms with E-state index in [4.69, 9.17) is 7.85 Å². The Kier molecular flexibility index (Phi) is 2.66. The Labute approximate surface area is 126 Å². The summed E-state index contributed by atoms with van der Waals surface area (Å²) in [5.41, 5.74) is 1.26. The van der Waals surface area contributed by atoms with Crippen LogP contribution in [0, 0.1) is 52.3 Å². The molecular formula is C19H31B. The van der Waals surface area contributed by atoms with Crippen LogP contribution in [0.3, 0.4) is 0 Å². The minimum absolute atomic E-state index is 0.483. The topological polar surface area (TPSA) is 0 Å². The summed E-state index contributed by atoms with van der Waals surface area (Å²) >= 11 is 0. The molecule has 0 aromatic heterocycles. The molecule has 20 heavy (non-hydrogen) atoms. The van der Waals surface area contributed by atoms with Gasteiger partial charge in [0.2, 0.25) is 0 Å². The third kappa shape index (κ3) is 1.37. The molecule has 0 spiro atoms. The Morgan fingerprint density at radius 3 is 1.85 bits per heavy atom. The van der Waals surface area contributed by atoms with Crippen molar-refractivity contribution in [3.05, 3.63) is 0 Å². The lowest BCUT2D eigenvalue weighted by Crippen LogP contribution is -2.65. The molecule has 110 valence electrons. The van der Waals surface area contributed by atoms with Crippen LogP contribution in [0.5, 0.6) is 0 Å². The van der Waals surface area contributed by atoms with Crippen LogP contribution < -0.4 is 0 Å². The molecule has 4 bridgehead atoms. The van der Waals surface area contributed by atoms with Gasteiger partial charge in [0.05, 0.1) is 7.85 Å². The minimum atomic E-state index is 0.483. The van der Waals surface area contributed by atoms with Crippen molar-refractivity contribution in [2.45, 2.75) is 66.1 Å². The second-order valence-corrected chi connectivity index (χ2v) is 9.73. The first-order valence-electron chi connectivity index (χ1n) is 9.03. The van der Waals surface area contributed by atoms with Crippen molar-refractivity contribution < 1.29 is 0 Å². The maximum Gasteiger partial charge on any atom is 0.0703 e. The quantitative estimate of drug-likeness (QED) is 0.592. The van der Waals surface area contributed by atoms with E-state index in [1.807, 2.05) is 0 Å². The fourth-order valence-corrected chi connectivity index (χ4v) is 7.48. The van der Waals surface area contributed by atoms with Gasteiger partial charge < -0.3 is 0 Å². The normalized spacial score (nSPS) is 63.2. The van der Waals surface area contributed by atoms with E-state index in [2.05, 4.69) is 34.6 Å². The van der Waals surface area contributed by atoms with Crippen molar-refractivity contribution in [2.75, 3.05) is 0 Å². The smallest absolute Gasteiger partial charge is 0.0703 e. The summed E-state index contributed by atoms with van der Waals surface area (Å²) in [5, 5.41) is 0. The Balaban J connectivity index is 1.60. The van der Waals surface area contributed by atoms with E-state index in [0.717, 1.165) is 41.4 Å². The summed E-state index contributed by atoms with van der Waals surface area (Å²) in [4.78, 5) is 0. The molecule has 0 heterocycles. The van der Waals surface area contributed by atoms with Crippen molar-refractivity contribution in [2.24, 2.45) is 52.3 Å². The molecule has 1 heteroatoms. The van der Waals surface area contributed by atoms with Gasteiger partial charge in [-0.15, -0.1) is 0 Å². The van der Waals surface area contributed by atoms with Crippen molar-refractivity contribution in [1.29, 1.82) is 0 Å². The first-order valence-corrected chi connectivity index (χ1v) is 9.03. The highest BCUT2D eigenvalue weighted by molar-refractivity contribution is 6.12. The highest BCUT2D eigenvalue weighted by Gasteiger charge is 2.66. The van der Waals surface area contributed by atoms with Crippen LogP contribution in [-0.2, 0) is 0 Å². The number of rotatable bonds is 1. The van der Waals surface area contributed by atoms with Gasteiger partial charge in [0.15, 0.2) is 0 Å². The summed E-state index contributed by atoms with van der Waals surface area (Å²) in [6.45, 7) is 12.7. The van der Waals surface area contributed by atoms with Crippen molar-refractivity contribution in [3.8, 4) is 0 Å². The third-order valence-electron chi connectivity index (χ3n) is 9.24. The lowest BCUT2D eigenvalue weighted by molar-refractivity contribution is -0.227. The van der Waals surface area contributed by atoms with Crippen molar-refractivity contribution in [3.63, 3.8) is 0 Å². The molecule has 0 amide bonds. The lowest BCUT2D eigenvalue weighted by Gasteiger charge is -2.72. The van der Waals surface area contributed by atoms with E-state index in [-0.39, 0.29) is 0 Å². The maximum atomic E-state index is 6.36. The Morgan fingerprint density at radius 2 is 1.30 bits per heavy atom. The van der Waals surface area contributed by atoms with Crippen LogP contribution in [0.25, 0.3) is 0 Å². The van der Waals surface area contributed by atoms with E-state index in [0.29, 0.717) is 16.6 Å². The molecule has 2 unspecified atom stereocenters. The molecular weight excluding hydrogens is 239 g/mol. The molecule has 6 aliphatic rings. The first kappa shape index (κ1) is 13.7. The molecule has 0 aliphatic heterocycles. The lowest BCUT2D eigenvalue weighted by atomic mass is 9.32. The summed E-state index contributed by atoms with van der Waals surface area (Å²) in [5.74, 6) is 7.02. The van der Waals surface area contributed by atoms with Crippen LogP contribution in [0.1, 0.15) is 60.3 Å². The Bertz CT molecular complexity index is 427. The van der Waals surface area contributed by atoms with E-state index in [1.165, 1.54) is 25.7 Å². The number of hydrogen-bond donors (Lipinski definition) is 0. The molecule has 6 aliphatic carbocycles. The van der Waals surface area contributed by atoms with Gasteiger partial charge in [0.1, 0.15) is 0 Å². The first-order chi connectivity index (χ1) is 9.27. The van der Waals surface area contributed by atoms with E-state index in [1.54, 1.807) is 0 Å². The average molecular weight is 270 g/mol. The zero-order valence-electron chi connectivity index (χ0n) is 14.0. The van der Waals surface area contributed by atoms with E-state index >= 15 is 0 Å². The van der Waals surface area contributed by atoms with Gasteiger partial charge in [0.25, 0.3) is 0 Å². The van der Waals surface area contributed by atoms with Crippen LogP contribution in [0.15, 0.2) is 0 Å². The zero-order chi connectivity index (χ0) is 14.4. The van der Waals surface area contributed by atoms with E-state index in [9.17, 15) is 0 Å². The Hall–Kier alpha value is 0.0649. The number of fused-ring (bicyclic) bond motifs is 5. The average Bonchev–Trinajstić information content (AvgIpc) is 2.39. The second-order valence-electron chi connectivity index (χ2n) is 9.73. The predicted molar refractivity (Wildman–Crippen MR) is 85.6 cm³/mol. The monoisotopic (exact) mass is 270 g/mol. The largest absolute Gasteiger partial charge is 0.0743 e. The molecule has 9 atom stereocenters. The van der Waals surface area contributed by atoms with E-state index < -0.39 is 0 Å². The van der Waals surface area contributed by atoms with Gasteiger partial charge in [-0.25, -0.2) is 0 Å². The highest BCUT2D eigenvalue weighted by atomic mass is 14.7. The standard InChI is InChI=1S/C19H31B/c1-10-14-6-12(18(14,3)4)7-15(10)19(5)13-8-16(19)11(2)17(20)9-13/h10-17H,6-9H2,1-5H3/t10-,11-,12+,13+,14-,15?,16-,17-,19?/m0/s1. The van der Waals surface area contributed by atoms with Gasteiger partial charge in [-0.2, -0.15) is 0 Å². The summed E-state index contributed by atoms with van der Waals surface area (Å²) in [6, 6.07) is 0. The molecule has 6 rings (SSSR count). The molecule has 2 radical (unpaired) electrons. The number of hydrogen-bond acceptors (Lipinski definition) is 0. The summed E-state index contributed by atoms with van der Waals surface area (Å²) < 4.78 is 0. The summed E-state index contributed by atoms with van der Waals surface area (Å²) in [6.07, 6.45) is 5.81. The summed E-state index contributed by atoms with van der Waals surface area (Å²) in [7, 11) is 6.36. The molecule has 0 aromatic rings. The SMILES string of the molecule is [B][C@H]1C[C@H]2C[C@@H]([C@@H]1C)C2(C)C1C[C@H]2C[C@@H]([C@@H]1C)C2(C)C. The third-order valence-corrected chi connectivity index (χ3v) is 9.24. The zero-order valence-corrected chi connectivity index (χ0v) is 14.0. The highest BCUT2D eigenvalue weighted by Crippen LogP contribution is 2.74. The van der Waals surface area contributed by atoms with Gasteiger partial charge in [0, 0.05) is 0 Å². The fourth-order valence-electron chi connectivity index (χ4n) is 7.48. The second kappa shape index (κ2) is 3.88. The molecule has 0 saturated heterocycles. The van der Waals surface area contributed by atoms with Crippen LogP contribution in [-0.4, -0.2) is 7.85 Å². The van der Waals surface area contributed by atoms with Gasteiger partial charge in [-0.05, 0) is 71.5 Å². The van der Waals surface area contributed by atoms with Gasteiger partial charge >= 0.3 is 0 Å². The molecule has 0 aromatic carbocycles.